The molecule has 0 aromatic heterocycles. The van der Waals surface area contributed by atoms with E-state index < -0.39 is 0 Å². The van der Waals surface area contributed by atoms with Crippen molar-refractivity contribution < 1.29 is 13.9 Å². The fraction of sp³-hybridized carbons (Fsp3) is 0.533. The van der Waals surface area contributed by atoms with Gasteiger partial charge in [-0.1, -0.05) is 19.1 Å². The van der Waals surface area contributed by atoms with Gasteiger partial charge in [0, 0.05) is 16.7 Å². The average Bonchev–Trinajstić information content (AvgIpc) is 2.46. The molecule has 1 unspecified atom stereocenters. The first kappa shape index (κ1) is 17.0. The summed E-state index contributed by atoms with van der Waals surface area (Å²) in [4.78, 5) is 11.7. The summed E-state index contributed by atoms with van der Waals surface area (Å²) in [7, 11) is 1.36. The predicted octanol–water partition coefficient (Wildman–Crippen LogP) is 3.54. The Balaban J connectivity index is 2.74. The molecule has 0 saturated heterocycles. The summed E-state index contributed by atoms with van der Waals surface area (Å²) in [5, 5.41) is 3.35. The van der Waals surface area contributed by atoms with Crippen molar-refractivity contribution in [2.24, 2.45) is 0 Å². The van der Waals surface area contributed by atoms with Crippen LogP contribution in [0.1, 0.15) is 38.3 Å². The van der Waals surface area contributed by atoms with Crippen molar-refractivity contribution in [2.45, 2.75) is 37.6 Å². The van der Waals surface area contributed by atoms with E-state index in [1.807, 2.05) is 13.0 Å². The van der Waals surface area contributed by atoms with E-state index >= 15 is 0 Å². The first-order valence-corrected chi connectivity index (χ1v) is 7.80. The third-order valence-electron chi connectivity index (χ3n) is 2.94. The van der Waals surface area contributed by atoms with E-state index in [-0.39, 0.29) is 24.2 Å². The number of ether oxygens (including phenoxy) is 1. The second-order valence-electron chi connectivity index (χ2n) is 4.51. The minimum Gasteiger partial charge on any atom is -0.469 e. The molecule has 1 aromatic carbocycles. The number of halogens is 1. The number of carbonyl (C=O) groups is 1. The SMILES string of the molecule is CCCNC(C)c1cccc(F)c1SCCC(=O)OC. The molecule has 0 aliphatic heterocycles. The van der Waals surface area contributed by atoms with Crippen molar-refractivity contribution in [2.75, 3.05) is 19.4 Å². The molecule has 20 heavy (non-hydrogen) atoms. The highest BCUT2D eigenvalue weighted by Gasteiger charge is 2.14. The Bertz CT molecular complexity index is 440. The van der Waals surface area contributed by atoms with Gasteiger partial charge in [0.15, 0.2) is 0 Å². The number of esters is 1. The molecule has 0 aliphatic rings. The summed E-state index contributed by atoms with van der Waals surface area (Å²) < 4.78 is 18.6. The Kier molecular flexibility index (Phi) is 7.62. The molecule has 0 aliphatic carbocycles. The van der Waals surface area contributed by atoms with Crippen LogP contribution < -0.4 is 5.32 Å². The van der Waals surface area contributed by atoms with Gasteiger partial charge in [-0.05, 0) is 31.5 Å². The van der Waals surface area contributed by atoms with E-state index in [0.29, 0.717) is 10.6 Å². The molecule has 112 valence electrons. The maximum Gasteiger partial charge on any atom is 0.306 e. The molecule has 0 saturated carbocycles. The Hall–Kier alpha value is -1.07. The molecule has 0 heterocycles. The first-order valence-electron chi connectivity index (χ1n) is 6.81. The zero-order chi connectivity index (χ0) is 15.0. The lowest BCUT2D eigenvalue weighted by molar-refractivity contribution is -0.140. The first-order chi connectivity index (χ1) is 9.60. The molecule has 0 bridgehead atoms. The highest BCUT2D eigenvalue weighted by molar-refractivity contribution is 7.99. The van der Waals surface area contributed by atoms with Crippen molar-refractivity contribution in [3.05, 3.63) is 29.6 Å². The van der Waals surface area contributed by atoms with Crippen LogP contribution in [-0.4, -0.2) is 25.4 Å². The normalized spacial score (nSPS) is 12.2. The van der Waals surface area contributed by atoms with E-state index in [1.165, 1.54) is 24.9 Å². The lowest BCUT2D eigenvalue weighted by Crippen LogP contribution is -2.20. The van der Waals surface area contributed by atoms with Gasteiger partial charge < -0.3 is 10.1 Å². The van der Waals surface area contributed by atoms with E-state index in [2.05, 4.69) is 17.0 Å². The van der Waals surface area contributed by atoms with Crippen LogP contribution in [0.4, 0.5) is 4.39 Å². The number of carbonyl (C=O) groups excluding carboxylic acids is 1. The molecule has 0 spiro atoms. The van der Waals surface area contributed by atoms with Gasteiger partial charge in [0.1, 0.15) is 5.82 Å². The quantitative estimate of drug-likeness (QED) is 0.588. The summed E-state index contributed by atoms with van der Waals surface area (Å²) in [6.45, 7) is 5.01. The van der Waals surface area contributed by atoms with Gasteiger partial charge in [0.2, 0.25) is 0 Å². The van der Waals surface area contributed by atoms with Crippen LogP contribution in [-0.2, 0) is 9.53 Å². The van der Waals surface area contributed by atoms with Gasteiger partial charge in [-0.25, -0.2) is 4.39 Å². The summed E-state index contributed by atoms with van der Waals surface area (Å²) in [6.07, 6.45) is 1.32. The Morgan fingerprint density at radius 1 is 1.50 bits per heavy atom. The van der Waals surface area contributed by atoms with Crippen LogP contribution in [0.5, 0.6) is 0 Å². The minimum absolute atomic E-state index is 0.0891. The fourth-order valence-corrected chi connectivity index (χ4v) is 2.92. The number of benzene rings is 1. The molecule has 5 heteroatoms. The van der Waals surface area contributed by atoms with Crippen LogP contribution in [0.3, 0.4) is 0 Å². The second kappa shape index (κ2) is 8.97. The molecule has 1 atom stereocenters. The van der Waals surface area contributed by atoms with E-state index in [0.717, 1.165) is 18.5 Å². The Morgan fingerprint density at radius 3 is 2.90 bits per heavy atom. The smallest absolute Gasteiger partial charge is 0.306 e. The van der Waals surface area contributed by atoms with Gasteiger partial charge in [-0.2, -0.15) is 0 Å². The number of hydrogen-bond acceptors (Lipinski definition) is 4. The third-order valence-corrected chi connectivity index (χ3v) is 4.07. The van der Waals surface area contributed by atoms with E-state index in [4.69, 9.17) is 0 Å². The topological polar surface area (TPSA) is 38.3 Å². The van der Waals surface area contributed by atoms with Crippen molar-refractivity contribution in [1.29, 1.82) is 0 Å². The van der Waals surface area contributed by atoms with Gasteiger partial charge in [0.25, 0.3) is 0 Å². The molecule has 0 amide bonds. The van der Waals surface area contributed by atoms with Crippen molar-refractivity contribution in [3.63, 3.8) is 0 Å². The molecule has 1 rings (SSSR count). The van der Waals surface area contributed by atoms with Crippen LogP contribution >= 0.6 is 11.8 Å². The van der Waals surface area contributed by atoms with E-state index in [9.17, 15) is 9.18 Å². The number of nitrogens with one attached hydrogen (secondary N) is 1. The standard InChI is InChI=1S/C15H22FNO2S/c1-4-9-17-11(2)12-6-5-7-13(16)15(12)20-10-8-14(18)19-3/h5-7,11,17H,4,8-10H2,1-3H3. The number of rotatable bonds is 8. The molecule has 3 nitrogen and oxygen atoms in total. The van der Waals surface area contributed by atoms with Crippen LogP contribution in [0.15, 0.2) is 23.1 Å². The van der Waals surface area contributed by atoms with Crippen molar-refractivity contribution in [3.8, 4) is 0 Å². The fourth-order valence-electron chi connectivity index (χ4n) is 1.83. The molecule has 0 fully saturated rings. The predicted molar refractivity (Wildman–Crippen MR) is 80.5 cm³/mol. The van der Waals surface area contributed by atoms with Crippen LogP contribution in [0.2, 0.25) is 0 Å². The van der Waals surface area contributed by atoms with Crippen LogP contribution in [0.25, 0.3) is 0 Å². The Labute approximate surface area is 124 Å². The molecule has 1 N–H and O–H groups in total. The molecular formula is C15H22FNO2S. The third kappa shape index (κ3) is 5.13. The van der Waals surface area contributed by atoms with Gasteiger partial charge in [-0.3, -0.25) is 4.79 Å². The number of hydrogen-bond donors (Lipinski definition) is 1. The monoisotopic (exact) mass is 299 g/mol. The van der Waals surface area contributed by atoms with Crippen molar-refractivity contribution >= 4 is 17.7 Å². The van der Waals surface area contributed by atoms with E-state index in [1.54, 1.807) is 6.07 Å². The maximum atomic E-state index is 14.0. The van der Waals surface area contributed by atoms with Gasteiger partial charge in [0.05, 0.1) is 13.5 Å². The summed E-state index contributed by atoms with van der Waals surface area (Å²) in [5.41, 5.74) is 0.938. The summed E-state index contributed by atoms with van der Waals surface area (Å²) in [6, 6.07) is 5.19. The van der Waals surface area contributed by atoms with Crippen molar-refractivity contribution in [1.82, 2.24) is 5.32 Å². The maximum absolute atomic E-state index is 14.0. The zero-order valence-corrected chi connectivity index (χ0v) is 13.1. The average molecular weight is 299 g/mol. The molecule has 0 radical (unpaired) electrons. The lowest BCUT2D eigenvalue weighted by Gasteiger charge is -2.18. The van der Waals surface area contributed by atoms with Gasteiger partial charge >= 0.3 is 5.97 Å². The number of thioether (sulfide) groups is 1. The Morgan fingerprint density at radius 2 is 2.25 bits per heavy atom. The largest absolute Gasteiger partial charge is 0.469 e. The minimum atomic E-state index is -0.271. The highest BCUT2D eigenvalue weighted by atomic mass is 32.2. The summed E-state index contributed by atoms with van der Waals surface area (Å²) in [5.74, 6) is 0.0104. The van der Waals surface area contributed by atoms with Gasteiger partial charge in [-0.15, -0.1) is 11.8 Å². The molecular weight excluding hydrogens is 277 g/mol. The van der Waals surface area contributed by atoms with Crippen LogP contribution in [0, 0.1) is 5.82 Å². The zero-order valence-electron chi connectivity index (χ0n) is 12.2. The number of methoxy groups -OCH3 is 1. The molecule has 1 aromatic rings. The highest BCUT2D eigenvalue weighted by Crippen LogP contribution is 2.30. The lowest BCUT2D eigenvalue weighted by atomic mass is 10.1. The summed E-state index contributed by atoms with van der Waals surface area (Å²) >= 11 is 1.36. The second-order valence-corrected chi connectivity index (χ2v) is 5.61.